The zero-order valence-corrected chi connectivity index (χ0v) is 51.0. The molecule has 8 nitrogen and oxygen atoms in total. The van der Waals surface area contributed by atoms with Crippen molar-refractivity contribution < 1.29 is 32.9 Å². The van der Waals surface area contributed by atoms with Gasteiger partial charge in [0.05, 0.1) is 39.9 Å². The molecule has 0 heterocycles. The molecule has 0 aliphatic carbocycles. The van der Waals surface area contributed by atoms with Gasteiger partial charge in [0.1, 0.15) is 13.2 Å². The molecule has 0 saturated heterocycles. The van der Waals surface area contributed by atoms with Crippen LogP contribution in [-0.4, -0.2) is 73.4 Å². The van der Waals surface area contributed by atoms with Crippen LogP contribution in [0.15, 0.2) is 134 Å². The highest BCUT2D eigenvalue weighted by Gasteiger charge is 2.27. The molecular weight excluding hydrogens is 972 g/mol. The number of likely N-dealkylation sites (N-methyl/N-ethyl adjacent to an activating group) is 1. The average molecular weight is 1090 g/mol. The Morgan fingerprint density at radius 3 is 1.19 bits per heavy atom. The highest BCUT2D eigenvalue weighted by Crippen LogP contribution is 2.43. The molecule has 0 bridgehead atoms. The van der Waals surface area contributed by atoms with Gasteiger partial charge in [-0.15, -0.1) is 0 Å². The Labute approximate surface area is 475 Å². The molecule has 0 aromatic carbocycles. The van der Waals surface area contributed by atoms with Crippen LogP contribution in [0.1, 0.15) is 239 Å². The fourth-order valence-electron chi connectivity index (χ4n) is 8.29. The van der Waals surface area contributed by atoms with Gasteiger partial charge in [-0.3, -0.25) is 13.8 Å². The Morgan fingerprint density at radius 1 is 0.455 bits per heavy atom. The molecule has 9 heteroatoms. The maximum atomic E-state index is 13.0. The molecule has 0 spiro atoms. The van der Waals surface area contributed by atoms with E-state index in [4.69, 9.17) is 9.05 Å². The second kappa shape index (κ2) is 57.3. The number of aliphatic hydroxyl groups is 1. The van der Waals surface area contributed by atoms with E-state index in [-0.39, 0.29) is 19.1 Å². The van der Waals surface area contributed by atoms with Crippen LogP contribution in [0.4, 0.5) is 0 Å². The Kier molecular flexibility index (Phi) is 54.8. The summed E-state index contributed by atoms with van der Waals surface area (Å²) in [4.78, 5) is 23.3. The third-order valence-electron chi connectivity index (χ3n) is 13.1. The lowest BCUT2D eigenvalue weighted by Crippen LogP contribution is -2.45. The Hall–Kier alpha value is -3.36. The number of nitrogens with one attached hydrogen (secondary N) is 1. The first-order valence-corrected chi connectivity index (χ1v) is 32.6. The number of amides is 1. The summed E-state index contributed by atoms with van der Waals surface area (Å²) in [7, 11) is 1.54. The average Bonchev–Trinajstić information content (AvgIpc) is 3.39. The second-order valence-corrected chi connectivity index (χ2v) is 23.1. The molecule has 77 heavy (non-hydrogen) atoms. The number of rotatable bonds is 55. The van der Waals surface area contributed by atoms with Crippen LogP contribution >= 0.6 is 7.82 Å². The predicted octanol–water partition coefficient (Wildman–Crippen LogP) is 19.5. The number of hydrogen-bond acceptors (Lipinski definition) is 5. The van der Waals surface area contributed by atoms with Crippen molar-refractivity contribution in [2.24, 2.45) is 0 Å². The number of phosphoric acid groups is 1. The molecule has 440 valence electrons. The standard InChI is InChI=1S/C68H117N2O6P/c1-6-8-10-12-14-16-18-20-22-24-26-27-28-29-30-31-32-33-34-35-36-37-38-39-40-41-42-43-44-46-48-50-52-54-56-58-60-62-68(72)69-66(65-76-77(73,74)75-64-63-70(3,4)5)67(71)61-59-57-55-53-51-49-47-45-25-23-21-19-17-15-13-11-9-7-2/h8,10,14,16,20,22,26-27,29-30,32-33,35-36,38-39,41-42,51,53,59,61,66-67,71H,6-7,9,11-13,15,17-19,21,23-25,28,31,34,37,40,43-50,52,54-58,60,62-65H2,1-5H3,(H-,69,72,73,74)/p+1/b10-8-,16-14-,22-20-,27-26-,30-29-,33-32-,36-35-,39-38-,42-41-,53-51+,61-59+. The predicted molar refractivity (Wildman–Crippen MR) is 336 cm³/mol. The number of hydrogen-bond donors (Lipinski definition) is 3. The first kappa shape index (κ1) is 73.6. The highest BCUT2D eigenvalue weighted by atomic mass is 31.2. The molecule has 0 saturated carbocycles. The third-order valence-corrected chi connectivity index (χ3v) is 14.1. The van der Waals surface area contributed by atoms with Gasteiger partial charge in [-0.25, -0.2) is 4.57 Å². The maximum Gasteiger partial charge on any atom is 0.472 e. The van der Waals surface area contributed by atoms with Crippen LogP contribution in [-0.2, 0) is 18.4 Å². The normalized spacial score (nSPS) is 14.7. The van der Waals surface area contributed by atoms with Crippen LogP contribution < -0.4 is 5.32 Å². The molecule has 0 radical (unpaired) electrons. The SMILES string of the molecule is CC/C=C\C/C=C\C/C=C\C/C=C\C/C=C\C/C=C\C/C=C\C/C=C\C/C=C\CCCCCCCCCCCC(=O)NC(COP(=O)(O)OCC[N+](C)(C)C)C(O)/C=C/CC/C=C/CCCCCCCCCCCCCC. The van der Waals surface area contributed by atoms with Crippen molar-refractivity contribution in [1.82, 2.24) is 5.32 Å². The monoisotopic (exact) mass is 1090 g/mol. The van der Waals surface area contributed by atoms with Crippen molar-refractivity contribution >= 4 is 13.7 Å². The lowest BCUT2D eigenvalue weighted by atomic mass is 10.0. The summed E-state index contributed by atoms with van der Waals surface area (Å²) < 4.78 is 23.7. The number of quaternary nitrogens is 1. The summed E-state index contributed by atoms with van der Waals surface area (Å²) in [6, 6.07) is -0.876. The molecule has 0 aromatic rings. The summed E-state index contributed by atoms with van der Waals surface area (Å²) in [5.74, 6) is -0.198. The summed E-state index contributed by atoms with van der Waals surface area (Å²) in [5.41, 5.74) is 0. The Balaban J connectivity index is 4.20. The van der Waals surface area contributed by atoms with E-state index < -0.39 is 20.0 Å². The van der Waals surface area contributed by atoms with E-state index in [2.05, 4.69) is 141 Å². The van der Waals surface area contributed by atoms with E-state index >= 15 is 0 Å². The van der Waals surface area contributed by atoms with E-state index in [0.29, 0.717) is 17.4 Å². The minimum atomic E-state index is -4.37. The van der Waals surface area contributed by atoms with Gasteiger partial charge in [0.25, 0.3) is 0 Å². The number of aliphatic hydroxyl groups excluding tert-OH is 1. The van der Waals surface area contributed by atoms with E-state index in [1.807, 2.05) is 27.2 Å². The van der Waals surface area contributed by atoms with Crippen molar-refractivity contribution in [2.75, 3.05) is 40.9 Å². The van der Waals surface area contributed by atoms with E-state index in [1.165, 1.54) is 116 Å². The summed E-state index contributed by atoms with van der Waals surface area (Å²) in [6.45, 7) is 4.67. The third kappa shape index (κ3) is 60.1. The van der Waals surface area contributed by atoms with E-state index in [1.54, 1.807) is 6.08 Å². The van der Waals surface area contributed by atoms with Crippen molar-refractivity contribution in [3.05, 3.63) is 134 Å². The molecule has 0 aliphatic heterocycles. The highest BCUT2D eigenvalue weighted by molar-refractivity contribution is 7.47. The number of nitrogens with zero attached hydrogens (tertiary/aromatic N) is 1. The Bertz CT molecular complexity index is 1710. The number of carbonyl (C=O) groups is 1. The van der Waals surface area contributed by atoms with Crippen LogP contribution in [0.25, 0.3) is 0 Å². The van der Waals surface area contributed by atoms with Crippen LogP contribution in [0.3, 0.4) is 0 Å². The van der Waals surface area contributed by atoms with Gasteiger partial charge in [-0.2, -0.15) is 0 Å². The molecule has 3 N–H and O–H groups in total. The van der Waals surface area contributed by atoms with Crippen LogP contribution in [0.5, 0.6) is 0 Å². The number of unbranched alkanes of at least 4 members (excludes halogenated alkanes) is 22. The van der Waals surface area contributed by atoms with Crippen molar-refractivity contribution in [3.63, 3.8) is 0 Å². The fraction of sp³-hybridized carbons (Fsp3) is 0.662. The van der Waals surface area contributed by atoms with Crippen molar-refractivity contribution in [2.45, 2.75) is 251 Å². The fourth-order valence-corrected chi connectivity index (χ4v) is 9.02. The van der Waals surface area contributed by atoms with Gasteiger partial charge in [-0.1, -0.05) is 263 Å². The topological polar surface area (TPSA) is 105 Å². The molecule has 0 rings (SSSR count). The molecule has 3 unspecified atom stereocenters. The lowest BCUT2D eigenvalue weighted by Gasteiger charge is -2.25. The quantitative estimate of drug-likeness (QED) is 0.0243. The van der Waals surface area contributed by atoms with Crippen molar-refractivity contribution in [1.29, 1.82) is 0 Å². The zero-order chi connectivity index (χ0) is 56.3. The molecule has 0 fully saturated rings. The van der Waals surface area contributed by atoms with Gasteiger partial charge in [0.2, 0.25) is 5.91 Å². The molecule has 1 amide bonds. The van der Waals surface area contributed by atoms with Gasteiger partial charge in [0.15, 0.2) is 0 Å². The number of carbonyl (C=O) groups excluding carboxylic acids is 1. The summed E-state index contributed by atoms with van der Waals surface area (Å²) >= 11 is 0. The smallest absolute Gasteiger partial charge is 0.387 e. The number of phosphoric ester groups is 1. The first-order valence-electron chi connectivity index (χ1n) is 31.1. The van der Waals surface area contributed by atoms with Gasteiger partial charge < -0.3 is 19.8 Å². The lowest BCUT2D eigenvalue weighted by molar-refractivity contribution is -0.870. The van der Waals surface area contributed by atoms with Gasteiger partial charge in [0, 0.05) is 6.42 Å². The second-order valence-electron chi connectivity index (χ2n) is 21.7. The van der Waals surface area contributed by atoms with E-state index in [0.717, 1.165) is 103 Å². The minimum Gasteiger partial charge on any atom is -0.387 e. The molecular formula is C68H118N2O6P+. The van der Waals surface area contributed by atoms with Gasteiger partial charge in [-0.05, 0) is 103 Å². The number of allylic oxidation sites excluding steroid dienone is 21. The molecule has 0 aliphatic rings. The molecule has 3 atom stereocenters. The van der Waals surface area contributed by atoms with Gasteiger partial charge >= 0.3 is 7.82 Å². The van der Waals surface area contributed by atoms with Crippen LogP contribution in [0, 0.1) is 0 Å². The maximum absolute atomic E-state index is 13.0. The first-order chi connectivity index (χ1) is 37.5. The summed E-state index contributed by atoms with van der Waals surface area (Å²) in [6.07, 6.45) is 87.1. The summed E-state index contributed by atoms with van der Waals surface area (Å²) in [5, 5.41) is 13.9. The van der Waals surface area contributed by atoms with Crippen molar-refractivity contribution in [3.8, 4) is 0 Å². The van der Waals surface area contributed by atoms with E-state index in [9.17, 15) is 19.4 Å². The minimum absolute atomic E-state index is 0.0486. The zero-order valence-electron chi connectivity index (χ0n) is 50.1. The largest absolute Gasteiger partial charge is 0.472 e. The molecule has 0 aromatic heterocycles. The van der Waals surface area contributed by atoms with Crippen LogP contribution in [0.2, 0.25) is 0 Å². The Morgan fingerprint density at radius 2 is 0.792 bits per heavy atom.